The second-order valence-corrected chi connectivity index (χ2v) is 4.98. The first-order valence-corrected chi connectivity index (χ1v) is 6.34. The normalized spacial score (nSPS) is 11.3. The maximum absolute atomic E-state index is 12.8. The van der Waals surface area contributed by atoms with E-state index in [4.69, 9.17) is 11.1 Å². The van der Waals surface area contributed by atoms with Crippen LogP contribution in [0.1, 0.15) is 11.1 Å². The maximum atomic E-state index is 12.8. The van der Waals surface area contributed by atoms with Gasteiger partial charge in [-0.15, -0.1) is 0 Å². The first-order chi connectivity index (χ1) is 9.38. The molecule has 0 aliphatic rings. The number of benzene rings is 1. The molecule has 0 radical (unpaired) electrons. The van der Waals surface area contributed by atoms with E-state index in [1.54, 1.807) is 24.4 Å². The lowest BCUT2D eigenvalue weighted by Crippen LogP contribution is -2.18. The van der Waals surface area contributed by atoms with E-state index in [9.17, 15) is 13.2 Å². The molecule has 0 saturated heterocycles. The van der Waals surface area contributed by atoms with Gasteiger partial charge in [0.1, 0.15) is 10.9 Å². The molecule has 0 amide bonds. The number of hydrogen-bond acceptors (Lipinski definition) is 3. The van der Waals surface area contributed by atoms with Crippen LogP contribution < -0.4 is 5.73 Å². The lowest BCUT2D eigenvalue weighted by molar-refractivity contribution is -0.137. The molecule has 0 atom stereocenters. The van der Waals surface area contributed by atoms with Crippen molar-refractivity contribution < 1.29 is 13.2 Å². The number of halogens is 3. The fourth-order valence-corrected chi connectivity index (χ4v) is 2.40. The largest absolute Gasteiger partial charge is 0.417 e. The summed E-state index contributed by atoms with van der Waals surface area (Å²) in [6, 6.07) is 8.81. The Bertz CT molecular complexity index is 627. The van der Waals surface area contributed by atoms with E-state index in [1.165, 1.54) is 23.9 Å². The molecule has 1 aromatic carbocycles. The number of nitrogen functional groups attached to an aromatic ring is 1. The van der Waals surface area contributed by atoms with Crippen molar-refractivity contribution in [2.75, 3.05) is 0 Å². The number of pyridine rings is 1. The number of rotatable bonds is 3. The smallest absolute Gasteiger partial charge is 0.384 e. The zero-order valence-corrected chi connectivity index (χ0v) is 10.9. The van der Waals surface area contributed by atoms with E-state index in [2.05, 4.69) is 4.98 Å². The molecule has 1 aromatic heterocycles. The van der Waals surface area contributed by atoms with E-state index in [0.29, 0.717) is 9.92 Å². The minimum Gasteiger partial charge on any atom is -0.384 e. The number of amidine groups is 1. The topological polar surface area (TPSA) is 62.8 Å². The Morgan fingerprint density at radius 3 is 2.50 bits per heavy atom. The first kappa shape index (κ1) is 14.4. The molecule has 2 aromatic rings. The predicted octanol–water partition coefficient (Wildman–Crippen LogP) is 3.54. The second-order valence-electron chi connectivity index (χ2n) is 3.89. The van der Waals surface area contributed by atoms with E-state index in [0.717, 1.165) is 6.07 Å². The van der Waals surface area contributed by atoms with Crippen LogP contribution in [0.25, 0.3) is 0 Å². The molecule has 1 heterocycles. The molecule has 7 heteroatoms. The molecule has 104 valence electrons. The molecule has 0 spiro atoms. The summed E-state index contributed by atoms with van der Waals surface area (Å²) in [5.41, 5.74) is 4.00. The van der Waals surface area contributed by atoms with Gasteiger partial charge < -0.3 is 5.73 Å². The molecule has 0 unspecified atom stereocenters. The fraction of sp³-hybridized carbons (Fsp3) is 0.0769. The first-order valence-electron chi connectivity index (χ1n) is 5.52. The van der Waals surface area contributed by atoms with Crippen molar-refractivity contribution in [1.82, 2.24) is 4.98 Å². The zero-order chi connectivity index (χ0) is 14.8. The molecule has 3 N–H and O–H groups in total. The van der Waals surface area contributed by atoms with Crippen LogP contribution in [-0.2, 0) is 6.18 Å². The van der Waals surface area contributed by atoms with Crippen LogP contribution in [-0.4, -0.2) is 10.8 Å². The second kappa shape index (κ2) is 5.54. The Morgan fingerprint density at radius 1 is 1.20 bits per heavy atom. The lowest BCUT2D eigenvalue weighted by Gasteiger charge is -2.13. The van der Waals surface area contributed by atoms with Crippen LogP contribution in [0.15, 0.2) is 52.5 Å². The summed E-state index contributed by atoms with van der Waals surface area (Å²) in [7, 11) is 0. The zero-order valence-electron chi connectivity index (χ0n) is 10.1. The average Bonchev–Trinajstić information content (AvgIpc) is 2.38. The molecule has 20 heavy (non-hydrogen) atoms. The van der Waals surface area contributed by atoms with Crippen molar-refractivity contribution in [2.24, 2.45) is 5.73 Å². The summed E-state index contributed by atoms with van der Waals surface area (Å²) in [6.45, 7) is 0. The predicted molar refractivity (Wildman–Crippen MR) is 70.8 cm³/mol. The van der Waals surface area contributed by atoms with Gasteiger partial charge in [-0.2, -0.15) is 13.2 Å². The van der Waals surface area contributed by atoms with Gasteiger partial charge in [0.15, 0.2) is 0 Å². The summed E-state index contributed by atoms with van der Waals surface area (Å²) >= 11 is 1.21. The molecule has 0 saturated carbocycles. The molecule has 0 aliphatic heterocycles. The van der Waals surface area contributed by atoms with Crippen LogP contribution in [0.3, 0.4) is 0 Å². The number of nitrogens with two attached hydrogens (primary N) is 1. The van der Waals surface area contributed by atoms with Gasteiger partial charge in [-0.25, -0.2) is 4.98 Å². The molecule has 2 rings (SSSR count). The highest BCUT2D eigenvalue weighted by Gasteiger charge is 2.34. The van der Waals surface area contributed by atoms with Gasteiger partial charge in [0, 0.05) is 16.7 Å². The standard InChI is InChI=1S/C13H10F3N3S/c14-13(15,16)10-5-4-8(7-9(10)12(17)18)20-11-3-1-2-6-19-11/h1-7H,(H3,17,18). The lowest BCUT2D eigenvalue weighted by atomic mass is 10.1. The van der Waals surface area contributed by atoms with E-state index < -0.39 is 17.6 Å². The number of alkyl halides is 3. The quantitative estimate of drug-likeness (QED) is 0.673. The monoisotopic (exact) mass is 297 g/mol. The molecule has 0 aliphatic carbocycles. The van der Waals surface area contributed by atoms with Gasteiger partial charge in [-0.1, -0.05) is 17.8 Å². The number of hydrogen-bond donors (Lipinski definition) is 2. The highest BCUT2D eigenvalue weighted by molar-refractivity contribution is 7.99. The van der Waals surface area contributed by atoms with Crippen molar-refractivity contribution in [3.63, 3.8) is 0 Å². The van der Waals surface area contributed by atoms with Crippen LogP contribution in [0.5, 0.6) is 0 Å². The fourth-order valence-electron chi connectivity index (χ4n) is 1.59. The summed E-state index contributed by atoms with van der Waals surface area (Å²) in [6.07, 6.45) is -2.94. The van der Waals surface area contributed by atoms with E-state index in [1.807, 2.05) is 0 Å². The Labute approximate surface area is 117 Å². The van der Waals surface area contributed by atoms with Gasteiger partial charge in [-0.3, -0.25) is 5.41 Å². The van der Waals surface area contributed by atoms with Crippen LogP contribution >= 0.6 is 11.8 Å². The maximum Gasteiger partial charge on any atom is 0.417 e. The summed E-state index contributed by atoms with van der Waals surface area (Å²) in [5, 5.41) is 7.94. The van der Waals surface area contributed by atoms with E-state index >= 15 is 0 Å². The van der Waals surface area contributed by atoms with Crippen LogP contribution in [0.2, 0.25) is 0 Å². The third-order valence-electron chi connectivity index (χ3n) is 2.45. The SMILES string of the molecule is N=C(N)c1cc(Sc2ccccn2)ccc1C(F)(F)F. The van der Waals surface area contributed by atoms with Gasteiger partial charge in [0.25, 0.3) is 0 Å². The summed E-state index contributed by atoms with van der Waals surface area (Å²) in [4.78, 5) is 4.62. The van der Waals surface area contributed by atoms with Crippen LogP contribution in [0.4, 0.5) is 13.2 Å². The third-order valence-corrected chi connectivity index (χ3v) is 3.39. The van der Waals surface area contributed by atoms with Crippen molar-refractivity contribution in [1.29, 1.82) is 5.41 Å². The van der Waals surface area contributed by atoms with Crippen molar-refractivity contribution in [3.05, 3.63) is 53.7 Å². The van der Waals surface area contributed by atoms with Crippen molar-refractivity contribution in [2.45, 2.75) is 16.1 Å². The Kier molecular flexibility index (Phi) is 3.99. The van der Waals surface area contributed by atoms with Gasteiger partial charge in [0.05, 0.1) is 5.56 Å². The number of nitrogens with one attached hydrogen (secondary N) is 1. The average molecular weight is 297 g/mol. The van der Waals surface area contributed by atoms with E-state index in [-0.39, 0.29) is 5.56 Å². The van der Waals surface area contributed by atoms with Crippen molar-refractivity contribution >= 4 is 17.6 Å². The summed E-state index contributed by atoms with van der Waals surface area (Å²) < 4.78 is 38.4. The van der Waals surface area contributed by atoms with Gasteiger partial charge >= 0.3 is 6.18 Å². The van der Waals surface area contributed by atoms with Gasteiger partial charge in [0.2, 0.25) is 0 Å². The van der Waals surface area contributed by atoms with Crippen LogP contribution in [0, 0.1) is 5.41 Å². The van der Waals surface area contributed by atoms with Gasteiger partial charge in [-0.05, 0) is 30.3 Å². The number of nitrogens with zero attached hydrogens (tertiary/aromatic N) is 1. The molecular formula is C13H10F3N3S. The highest BCUT2D eigenvalue weighted by atomic mass is 32.2. The molecule has 3 nitrogen and oxygen atoms in total. The molecule has 0 fully saturated rings. The summed E-state index contributed by atoms with van der Waals surface area (Å²) in [5.74, 6) is -0.610. The Morgan fingerprint density at radius 2 is 1.95 bits per heavy atom. The third kappa shape index (κ3) is 3.30. The number of aromatic nitrogens is 1. The Balaban J connectivity index is 2.38. The highest BCUT2D eigenvalue weighted by Crippen LogP contribution is 2.35. The minimum absolute atomic E-state index is 0.321. The molecule has 0 bridgehead atoms. The Hall–Kier alpha value is -2.02. The molecular weight excluding hydrogens is 287 g/mol. The minimum atomic E-state index is -4.53. The van der Waals surface area contributed by atoms with Crippen molar-refractivity contribution in [3.8, 4) is 0 Å².